The second kappa shape index (κ2) is 46.0. The van der Waals surface area contributed by atoms with Gasteiger partial charge in [-0.25, -0.2) is 19.9 Å². The SMILES string of the molecule is C.CC(=O)O.COP(=O)(CC(=O)C1CCC2(CC1)CC2)OC.O=C(/C=C/c1ncccc1-c1cn(C(c2ccccc2)(c2ccccc2)c2ccccc2)cn1)C1CCC2(CC1)CC2.O=C(CC1c2ncccc2-c2cncn21)C1CCC2(CC1)CC2.O=Cc1ncccc1-c1cn(C(c2ccccc2)(c2ccccc2)c2ccccc2)cn1.OC(CC1c2ncccc2-c2cncn21)C1CCC2(CC1)CC2.[B].[H-].[Na+]. The van der Waals surface area contributed by atoms with Crippen molar-refractivity contribution >= 4 is 51.7 Å². The summed E-state index contributed by atoms with van der Waals surface area (Å²) in [5, 5.41) is 18.3. The van der Waals surface area contributed by atoms with E-state index in [1.54, 1.807) is 18.5 Å². The van der Waals surface area contributed by atoms with Crippen LogP contribution in [0.15, 0.2) is 311 Å². The smallest absolute Gasteiger partial charge is 1.00 e. The number of allylic oxidation sites excluding steroid dienone is 1. The number of aliphatic hydroxyl groups excluding tert-OH is 1. The topological polar surface area (TPSA) is 284 Å². The number of nitrogens with zero attached hydrogens (tertiary/aromatic N) is 12. The Hall–Kier alpha value is -12.2. The molecule has 0 amide bonds. The van der Waals surface area contributed by atoms with E-state index in [0.29, 0.717) is 56.7 Å². The number of aldehydes is 1. The van der Waals surface area contributed by atoms with Gasteiger partial charge in [0.2, 0.25) is 0 Å². The molecule has 10 aliphatic rings. The van der Waals surface area contributed by atoms with E-state index in [9.17, 15) is 28.8 Å². The molecule has 735 valence electrons. The summed E-state index contributed by atoms with van der Waals surface area (Å²) in [5.41, 5.74) is 18.9. The number of carboxylic acid groups (broad SMARTS) is 1. The first-order valence-electron chi connectivity index (χ1n) is 50.4. The number of pyridine rings is 4. The van der Waals surface area contributed by atoms with E-state index in [2.05, 4.69) is 230 Å². The van der Waals surface area contributed by atoms with Crippen molar-refractivity contribution in [3.63, 3.8) is 0 Å². The number of benzene rings is 6. The summed E-state index contributed by atoms with van der Waals surface area (Å²) in [6, 6.07) is 79.0. The molecule has 3 radical (unpaired) electrons. The van der Waals surface area contributed by atoms with Crippen LogP contribution < -0.4 is 29.6 Å². The first-order chi connectivity index (χ1) is 68.8. The molecule has 8 saturated carbocycles. The van der Waals surface area contributed by atoms with Crippen LogP contribution in [0.4, 0.5) is 0 Å². The maximum Gasteiger partial charge on any atom is 1.00 e. The number of Topliss-reactive ketones (excluding diaryl/α,β-unsaturated/α-hetero) is 2. The molecule has 14 aromatic rings. The van der Waals surface area contributed by atoms with E-state index >= 15 is 0 Å². The average Bonchev–Trinajstić information content (AvgIpc) is 1.71. The van der Waals surface area contributed by atoms with Gasteiger partial charge in [-0.2, -0.15) is 0 Å². The van der Waals surface area contributed by atoms with Crippen molar-refractivity contribution in [2.24, 2.45) is 45.3 Å². The zero-order chi connectivity index (χ0) is 97.2. The van der Waals surface area contributed by atoms with Gasteiger partial charge in [0.1, 0.15) is 34.5 Å². The maximum absolute atomic E-state index is 13.1. The first kappa shape index (κ1) is 105. The number of ketones is 3. The Morgan fingerprint density at radius 1 is 0.438 bits per heavy atom. The minimum absolute atomic E-state index is 0. The van der Waals surface area contributed by atoms with E-state index < -0.39 is 24.6 Å². The fourth-order valence-corrected chi connectivity index (χ4v) is 24.4. The number of aromatic nitrogens is 12. The molecule has 2 N–H and O–H groups in total. The van der Waals surface area contributed by atoms with Crippen LogP contribution in [0.5, 0.6) is 0 Å². The van der Waals surface area contributed by atoms with Crippen LogP contribution in [0.1, 0.15) is 256 Å². The van der Waals surface area contributed by atoms with Gasteiger partial charge in [-0.05, 0) is 276 Å². The standard InChI is InChI=1S/C38H35N3O.C28H21N3O.C19H23N3O.C19H21N3O.C12H21O4P.C2H4O2.CH4.B.Na.H/c42-36(29-20-22-37(23-21-29)24-25-37)19-18-34-33(17-10-26-39-34)35-27-41(28-40-35)38(30-11-4-1-5-12-30,31-13-6-2-7-14-31)32-15-8-3-9-16-32;32-20-27-25(17-10-18-29-27)26-19-31(21-30-26)28(22-11-4-1-5-12-22,23-13-6-2-7-14-23)24-15-8-3-9-16-24;2*23-17(13-3-5-19(6-4-13)7-8-19)10-15-18-14(2-1-9-21-18)16-11-20-12-22(15)16;1-15-17(14,16-2)9-11(13)10-3-5-12(6-4-10)7-8-12;1-2(3)4;;;;/h1-19,26-29H,20-25H2;1-21H;1-2,9,11-13,15,17,23H,3-8,10H2;1-2,9,11-13,15H,3-8,10H2;10H,3-9H2,1-2H3;1H3,(H,3,4);1H4;;;/q;;;;;;;;+1;-1/b19-18+;;;;;;;;;. The van der Waals surface area contributed by atoms with Crippen LogP contribution >= 0.6 is 7.60 Å². The van der Waals surface area contributed by atoms with Gasteiger partial charge in [0.05, 0.1) is 95.7 Å². The molecule has 8 aromatic heterocycles. The van der Waals surface area contributed by atoms with E-state index in [0.717, 1.165) is 150 Å². The van der Waals surface area contributed by atoms with Gasteiger partial charge in [-0.3, -0.25) is 48.5 Å². The van der Waals surface area contributed by atoms with Crippen LogP contribution in [0.2, 0.25) is 0 Å². The van der Waals surface area contributed by atoms with Crippen molar-refractivity contribution in [3.05, 3.63) is 368 Å². The van der Waals surface area contributed by atoms with Gasteiger partial charge in [0, 0.05) is 120 Å². The number of hydrogen-bond donors (Lipinski definition) is 2. The fraction of sp³-hybridized carbons (Fsp3) is 0.370. The monoisotopic (exact) mass is 1950 g/mol. The summed E-state index contributed by atoms with van der Waals surface area (Å²) >= 11 is 0. The van der Waals surface area contributed by atoms with Crippen molar-refractivity contribution < 1.29 is 78.8 Å². The molecule has 22 nitrogen and oxygen atoms in total. The first-order valence-corrected chi connectivity index (χ1v) is 52.1. The Bertz CT molecular complexity index is 6550. The maximum atomic E-state index is 13.1. The fourth-order valence-electron chi connectivity index (χ4n) is 23.3. The third-order valence-corrected chi connectivity index (χ3v) is 34.2. The molecular formula is C119H130BN12NaO10P. The van der Waals surface area contributed by atoms with Crippen LogP contribution in [-0.4, -0.2) is 133 Å². The van der Waals surface area contributed by atoms with E-state index in [1.807, 2.05) is 117 Å². The molecule has 3 atom stereocenters. The number of aliphatic carboxylic acids is 1. The molecule has 8 aliphatic carbocycles. The second-order valence-corrected chi connectivity index (χ2v) is 43.0. The quantitative estimate of drug-likeness (QED) is 0.0177. The van der Waals surface area contributed by atoms with Crippen LogP contribution in [0, 0.1) is 45.3 Å². The molecule has 6 aromatic carbocycles. The zero-order valence-electron chi connectivity index (χ0n) is 83.3. The van der Waals surface area contributed by atoms with Gasteiger partial charge in [-0.15, -0.1) is 0 Å². The van der Waals surface area contributed by atoms with Gasteiger partial charge < -0.3 is 39.0 Å². The number of carbonyl (C=O) groups is 5. The zero-order valence-corrected chi connectivity index (χ0v) is 85.2. The molecule has 8 fully saturated rings. The van der Waals surface area contributed by atoms with Crippen molar-refractivity contribution in [3.8, 4) is 45.0 Å². The third kappa shape index (κ3) is 22.7. The number of aliphatic hydroxyl groups is 1. The van der Waals surface area contributed by atoms with E-state index in [1.165, 1.54) is 123 Å². The van der Waals surface area contributed by atoms with Crippen molar-refractivity contribution in [2.45, 2.75) is 211 Å². The predicted octanol–water partition coefficient (Wildman–Crippen LogP) is 21.8. The summed E-state index contributed by atoms with van der Waals surface area (Å²) in [6.45, 7) is 1.08. The molecule has 4 spiro atoms. The minimum Gasteiger partial charge on any atom is -1.00 e. The minimum atomic E-state index is -3.17. The third-order valence-electron chi connectivity index (χ3n) is 32.4. The molecule has 0 bridgehead atoms. The van der Waals surface area contributed by atoms with Crippen LogP contribution in [-0.2, 0) is 43.9 Å². The molecular weight excluding hydrogens is 1820 g/mol. The molecule has 144 heavy (non-hydrogen) atoms. The Balaban J connectivity index is 0.000000138. The van der Waals surface area contributed by atoms with Crippen LogP contribution in [0.3, 0.4) is 0 Å². The molecule has 3 unspecified atom stereocenters. The van der Waals surface area contributed by atoms with E-state index in [-0.39, 0.29) is 100 Å². The number of hydrogen-bond acceptors (Lipinski definition) is 17. The number of carboxylic acids is 1. The van der Waals surface area contributed by atoms with Gasteiger partial charge in [-0.1, -0.05) is 189 Å². The van der Waals surface area contributed by atoms with Gasteiger partial charge in [0.25, 0.3) is 5.97 Å². The summed E-state index contributed by atoms with van der Waals surface area (Å²) in [4.78, 5) is 94.8. The molecule has 0 saturated heterocycles. The van der Waals surface area contributed by atoms with Crippen molar-refractivity contribution in [1.29, 1.82) is 0 Å². The summed E-state index contributed by atoms with van der Waals surface area (Å²) in [5.74, 6) is 0.795. The number of fused-ring (bicyclic) bond motifs is 6. The summed E-state index contributed by atoms with van der Waals surface area (Å²) in [7, 11) is -0.508. The molecule has 10 heterocycles. The summed E-state index contributed by atoms with van der Waals surface area (Å²) in [6.07, 6.45) is 57.3. The number of carbonyl (C=O) groups excluding carboxylic acids is 4. The van der Waals surface area contributed by atoms with Crippen molar-refractivity contribution in [2.75, 3.05) is 20.4 Å². The normalized spacial score (nSPS) is 19.5. The number of rotatable bonds is 25. The van der Waals surface area contributed by atoms with Crippen LogP contribution in [0.25, 0.3) is 51.1 Å². The Morgan fingerprint density at radius 3 is 1.13 bits per heavy atom. The molecule has 25 heteroatoms. The largest absolute Gasteiger partial charge is 1.00 e. The van der Waals surface area contributed by atoms with Gasteiger partial charge >= 0.3 is 37.2 Å². The molecule has 24 rings (SSSR count). The van der Waals surface area contributed by atoms with Gasteiger partial charge in [0.15, 0.2) is 12.1 Å². The summed E-state index contributed by atoms with van der Waals surface area (Å²) < 4.78 is 30.2. The average molecular weight is 1950 g/mol. The Morgan fingerprint density at radius 2 is 0.764 bits per heavy atom. The van der Waals surface area contributed by atoms with Crippen molar-refractivity contribution in [1.82, 2.24) is 58.1 Å². The van der Waals surface area contributed by atoms with E-state index in [4.69, 9.17) is 28.9 Å². The Kier molecular flexibility index (Phi) is 33.5. The Labute approximate surface area is 871 Å². The number of imidazole rings is 4. The second-order valence-electron chi connectivity index (χ2n) is 40.7. The molecule has 2 aliphatic heterocycles. The predicted molar refractivity (Wildman–Crippen MR) is 560 cm³/mol.